The lowest BCUT2D eigenvalue weighted by Gasteiger charge is -2.34. The largest absolute Gasteiger partial charge is 0.391 e. The minimum Gasteiger partial charge on any atom is -0.391 e. The van der Waals surface area contributed by atoms with E-state index >= 15 is 0 Å². The number of halogens is 1. The van der Waals surface area contributed by atoms with Crippen LogP contribution in [0, 0.1) is 6.92 Å². The van der Waals surface area contributed by atoms with Crippen molar-refractivity contribution in [1.29, 1.82) is 0 Å². The summed E-state index contributed by atoms with van der Waals surface area (Å²) in [6, 6.07) is 1.87. The summed E-state index contributed by atoms with van der Waals surface area (Å²) in [6.45, 7) is 1.98. The van der Waals surface area contributed by atoms with Crippen molar-refractivity contribution >= 4 is 33.2 Å². The van der Waals surface area contributed by atoms with Crippen molar-refractivity contribution in [2.75, 3.05) is 7.05 Å². The normalized spacial score (nSPS) is 24.0. The second-order valence-electron chi connectivity index (χ2n) is 4.90. The summed E-state index contributed by atoms with van der Waals surface area (Å²) >= 11 is 4.90. The molecule has 1 aliphatic carbocycles. The number of carbonyl (C=O) groups is 1. The molecule has 1 aliphatic rings. The molecular weight excluding hydrogens is 314 g/mol. The Morgan fingerprint density at radius 1 is 1.50 bits per heavy atom. The number of nitrogens with zero attached hydrogens (tertiary/aromatic N) is 1. The van der Waals surface area contributed by atoms with Crippen LogP contribution in [0.15, 0.2) is 9.85 Å². The number of thiophene rings is 1. The maximum atomic E-state index is 12.4. The molecule has 0 saturated heterocycles. The molecule has 5 heteroatoms. The molecule has 0 aliphatic heterocycles. The van der Waals surface area contributed by atoms with E-state index in [1.807, 2.05) is 13.0 Å². The van der Waals surface area contributed by atoms with Crippen molar-refractivity contribution in [3.8, 4) is 0 Å². The monoisotopic (exact) mass is 331 g/mol. The van der Waals surface area contributed by atoms with Gasteiger partial charge in [0.2, 0.25) is 0 Å². The molecule has 1 amide bonds. The molecule has 0 aromatic carbocycles. The number of hydrogen-bond acceptors (Lipinski definition) is 3. The lowest BCUT2D eigenvalue weighted by Crippen LogP contribution is -2.46. The van der Waals surface area contributed by atoms with Gasteiger partial charge < -0.3 is 10.0 Å². The zero-order valence-corrected chi connectivity index (χ0v) is 13.1. The van der Waals surface area contributed by atoms with Crippen LogP contribution >= 0.6 is 27.3 Å². The minimum atomic E-state index is -0.378. The molecule has 1 aromatic heterocycles. The molecule has 2 unspecified atom stereocenters. The summed E-state index contributed by atoms with van der Waals surface area (Å²) in [4.78, 5) is 14.8. The molecule has 1 N–H and O–H groups in total. The summed E-state index contributed by atoms with van der Waals surface area (Å²) in [6.07, 6.45) is 3.47. The first kappa shape index (κ1) is 14.0. The molecule has 2 rings (SSSR count). The predicted octanol–water partition coefficient (Wildman–Crippen LogP) is 3.19. The Labute approximate surface area is 120 Å². The highest BCUT2D eigenvalue weighted by atomic mass is 79.9. The lowest BCUT2D eigenvalue weighted by molar-refractivity contribution is 0.0271. The first-order valence-corrected chi connectivity index (χ1v) is 7.83. The molecule has 18 heavy (non-hydrogen) atoms. The van der Waals surface area contributed by atoms with Crippen LogP contribution in [0.1, 0.15) is 40.9 Å². The first-order valence-electron chi connectivity index (χ1n) is 6.22. The second-order valence-corrected chi connectivity index (χ2v) is 7.27. The number of carbonyl (C=O) groups excluding carboxylic acids is 1. The molecule has 0 bridgehead atoms. The van der Waals surface area contributed by atoms with Crippen LogP contribution in [0.4, 0.5) is 0 Å². The zero-order chi connectivity index (χ0) is 13.3. The number of aliphatic hydroxyl groups is 1. The van der Waals surface area contributed by atoms with E-state index in [9.17, 15) is 9.90 Å². The van der Waals surface area contributed by atoms with Gasteiger partial charge in [0.15, 0.2) is 0 Å². The number of rotatable bonds is 2. The maximum Gasteiger partial charge on any atom is 0.264 e. The third kappa shape index (κ3) is 2.78. The minimum absolute atomic E-state index is 0.0137. The van der Waals surface area contributed by atoms with Crippen LogP contribution in [0.3, 0.4) is 0 Å². The van der Waals surface area contributed by atoms with Crippen molar-refractivity contribution in [2.24, 2.45) is 0 Å². The van der Waals surface area contributed by atoms with Gasteiger partial charge >= 0.3 is 0 Å². The lowest BCUT2D eigenvalue weighted by atomic mass is 9.91. The quantitative estimate of drug-likeness (QED) is 0.904. The molecule has 1 fully saturated rings. The topological polar surface area (TPSA) is 40.5 Å². The van der Waals surface area contributed by atoms with E-state index in [1.54, 1.807) is 11.9 Å². The summed E-state index contributed by atoms with van der Waals surface area (Å²) in [5.41, 5.74) is 1.08. The van der Waals surface area contributed by atoms with Crippen LogP contribution in [0.25, 0.3) is 0 Å². The Morgan fingerprint density at radius 2 is 2.17 bits per heavy atom. The molecule has 0 spiro atoms. The van der Waals surface area contributed by atoms with E-state index in [-0.39, 0.29) is 18.1 Å². The van der Waals surface area contributed by atoms with Crippen LogP contribution in [0.2, 0.25) is 0 Å². The van der Waals surface area contributed by atoms with Crippen molar-refractivity contribution in [3.63, 3.8) is 0 Å². The second kappa shape index (κ2) is 5.72. The predicted molar refractivity (Wildman–Crippen MR) is 77.1 cm³/mol. The van der Waals surface area contributed by atoms with Crippen molar-refractivity contribution in [1.82, 2.24) is 4.90 Å². The molecule has 0 radical (unpaired) electrons. The molecule has 3 nitrogen and oxygen atoms in total. The van der Waals surface area contributed by atoms with Crippen LogP contribution in [-0.2, 0) is 0 Å². The van der Waals surface area contributed by atoms with E-state index < -0.39 is 0 Å². The number of aliphatic hydroxyl groups excluding tert-OH is 1. The van der Waals surface area contributed by atoms with Crippen molar-refractivity contribution in [3.05, 3.63) is 20.3 Å². The third-order valence-electron chi connectivity index (χ3n) is 3.58. The fourth-order valence-corrected chi connectivity index (χ4v) is 3.95. The zero-order valence-electron chi connectivity index (χ0n) is 10.6. The van der Waals surface area contributed by atoms with Crippen LogP contribution in [0.5, 0.6) is 0 Å². The highest BCUT2D eigenvalue weighted by Gasteiger charge is 2.30. The van der Waals surface area contributed by atoms with Gasteiger partial charge in [0.25, 0.3) is 5.91 Å². The van der Waals surface area contributed by atoms with Gasteiger partial charge in [0, 0.05) is 7.05 Å². The molecule has 1 saturated carbocycles. The SMILES string of the molecule is Cc1cc(C(=O)N(C)C2CCCCC2O)sc1Br. The summed E-state index contributed by atoms with van der Waals surface area (Å²) < 4.78 is 1.00. The number of amides is 1. The van der Waals surface area contributed by atoms with E-state index in [1.165, 1.54) is 11.3 Å². The van der Waals surface area contributed by atoms with E-state index in [2.05, 4.69) is 15.9 Å². The first-order chi connectivity index (χ1) is 8.50. The Bertz CT molecular complexity index is 427. The number of aryl methyl sites for hydroxylation is 1. The van der Waals surface area contributed by atoms with Crippen LogP contribution in [-0.4, -0.2) is 35.1 Å². The Hall–Kier alpha value is -0.390. The Balaban J connectivity index is 2.12. The Kier molecular flexibility index (Phi) is 4.45. The van der Waals surface area contributed by atoms with Gasteiger partial charge in [-0.1, -0.05) is 12.8 Å². The van der Waals surface area contributed by atoms with Gasteiger partial charge in [-0.15, -0.1) is 11.3 Å². The van der Waals surface area contributed by atoms with E-state index in [0.29, 0.717) is 0 Å². The van der Waals surface area contributed by atoms with Crippen LogP contribution < -0.4 is 0 Å². The third-order valence-corrected chi connectivity index (χ3v) is 5.70. The molecule has 1 aromatic rings. The summed E-state index contributed by atoms with van der Waals surface area (Å²) in [5.74, 6) is 0.0137. The molecule has 2 atom stereocenters. The summed E-state index contributed by atoms with van der Waals surface area (Å²) in [7, 11) is 1.80. The van der Waals surface area contributed by atoms with E-state index in [0.717, 1.165) is 39.9 Å². The van der Waals surface area contributed by atoms with Gasteiger partial charge in [-0.25, -0.2) is 0 Å². The van der Waals surface area contributed by atoms with Gasteiger partial charge in [0.05, 0.1) is 20.8 Å². The smallest absolute Gasteiger partial charge is 0.264 e. The molecule has 1 heterocycles. The number of hydrogen-bond donors (Lipinski definition) is 1. The molecular formula is C13H18BrNO2S. The fraction of sp³-hybridized carbons (Fsp3) is 0.615. The van der Waals surface area contributed by atoms with Crippen molar-refractivity contribution < 1.29 is 9.90 Å². The molecule has 100 valence electrons. The highest BCUT2D eigenvalue weighted by molar-refractivity contribution is 9.11. The summed E-state index contributed by atoms with van der Waals surface area (Å²) in [5, 5.41) is 10.00. The number of likely N-dealkylation sites (N-methyl/N-ethyl adjacent to an activating group) is 1. The fourth-order valence-electron chi connectivity index (χ4n) is 2.43. The average molecular weight is 332 g/mol. The highest BCUT2D eigenvalue weighted by Crippen LogP contribution is 2.30. The van der Waals surface area contributed by atoms with Gasteiger partial charge in [-0.2, -0.15) is 0 Å². The van der Waals surface area contributed by atoms with Gasteiger partial charge in [-0.3, -0.25) is 4.79 Å². The standard InChI is InChI=1S/C13H18BrNO2S/c1-8-7-11(18-12(8)14)13(17)15(2)9-5-3-4-6-10(9)16/h7,9-10,16H,3-6H2,1-2H3. The van der Waals surface area contributed by atoms with Gasteiger partial charge in [0.1, 0.15) is 0 Å². The van der Waals surface area contributed by atoms with Gasteiger partial charge in [-0.05, 0) is 47.3 Å². The maximum absolute atomic E-state index is 12.4. The van der Waals surface area contributed by atoms with E-state index in [4.69, 9.17) is 0 Å². The Morgan fingerprint density at radius 3 is 2.72 bits per heavy atom. The van der Waals surface area contributed by atoms with Crippen molar-refractivity contribution in [2.45, 2.75) is 44.8 Å². The average Bonchev–Trinajstić information content (AvgIpc) is 2.68.